The van der Waals surface area contributed by atoms with Gasteiger partial charge < -0.3 is 45.2 Å². The Bertz CT molecular complexity index is 1310. The van der Waals surface area contributed by atoms with Crippen molar-refractivity contribution in [3.05, 3.63) is 64.9 Å². The van der Waals surface area contributed by atoms with Gasteiger partial charge in [0.2, 0.25) is 5.60 Å². The topological polar surface area (TPSA) is 192 Å². The number of rotatable bonds is 14. The summed E-state index contributed by atoms with van der Waals surface area (Å²) < 4.78 is 11.7. The first-order valence-corrected chi connectivity index (χ1v) is 14.8. The average molecular weight is 633 g/mol. The zero-order valence-corrected chi connectivity index (χ0v) is 25.3. The Hall–Kier alpha value is -3.11. The molecule has 44 heavy (non-hydrogen) atoms. The van der Waals surface area contributed by atoms with Gasteiger partial charge in [0.25, 0.3) is 11.8 Å². The van der Waals surface area contributed by atoms with E-state index in [1.54, 1.807) is 12.1 Å². The van der Waals surface area contributed by atoms with Gasteiger partial charge in [0.1, 0.15) is 29.2 Å². The Morgan fingerprint density at radius 1 is 1.14 bits per heavy atom. The molecule has 2 aliphatic rings. The van der Waals surface area contributed by atoms with E-state index in [1.807, 2.05) is 44.2 Å². The number of oxime groups is 1. The molecule has 1 saturated heterocycles. The number of pyridine rings is 1. The predicted molar refractivity (Wildman–Crippen MR) is 161 cm³/mol. The number of nitrogens with zero attached hydrogens (tertiary/aromatic N) is 2. The molecule has 15 heteroatoms. The van der Waals surface area contributed by atoms with Crippen molar-refractivity contribution in [1.82, 2.24) is 15.6 Å². The molecule has 0 spiro atoms. The van der Waals surface area contributed by atoms with Crippen molar-refractivity contribution in [2.75, 3.05) is 19.8 Å². The summed E-state index contributed by atoms with van der Waals surface area (Å²) in [7, 11) is -0.973. The highest BCUT2D eigenvalue weighted by atomic mass is 35.5. The first-order valence-electron chi connectivity index (χ1n) is 14.4. The molecule has 2 aromatic rings. The summed E-state index contributed by atoms with van der Waals surface area (Å²) in [5, 5.41) is 49.5. The molecule has 2 amide bonds. The second-order valence-electron chi connectivity index (χ2n) is 11.4. The molecule has 1 fully saturated rings. The van der Waals surface area contributed by atoms with Crippen LogP contribution in [-0.4, -0.2) is 106 Å². The zero-order valence-electron chi connectivity index (χ0n) is 24.5. The quantitative estimate of drug-likeness (QED) is 0.124. The number of nitrogens with one attached hydrogen (secondary N) is 2. The van der Waals surface area contributed by atoms with Gasteiger partial charge in [-0.3, -0.25) is 9.59 Å². The van der Waals surface area contributed by atoms with E-state index in [4.69, 9.17) is 30.9 Å². The van der Waals surface area contributed by atoms with Crippen LogP contribution in [-0.2, 0) is 25.4 Å². The fourth-order valence-corrected chi connectivity index (χ4v) is 5.27. The van der Waals surface area contributed by atoms with Crippen LogP contribution in [0, 0.1) is 5.92 Å². The van der Waals surface area contributed by atoms with Crippen LogP contribution in [0.5, 0.6) is 0 Å². The van der Waals surface area contributed by atoms with Crippen LogP contribution in [0.2, 0.25) is 5.15 Å². The fourth-order valence-electron chi connectivity index (χ4n) is 5.10. The van der Waals surface area contributed by atoms with Crippen LogP contribution in [0.25, 0.3) is 0 Å². The average Bonchev–Trinajstić information content (AvgIpc) is 3.67. The standard InChI is InChI=1S/C29H38BClN4O9/c1-17(2)11-23(30-42-16-22(43-30)26(39)25(38)21(37)15-36)34-28(41)29(12-18-7-4-3-5-8-18)13-19(35-44-29)14-32-27(40)20-9-6-10-24(31)33-20/h3-10,17,21-23,25-26,36-39H,11-16H2,1-2H3,(H,32,40)(H,34,41). The number of hydrogen-bond donors (Lipinski definition) is 6. The molecule has 0 bridgehead atoms. The second-order valence-corrected chi connectivity index (χ2v) is 11.8. The van der Waals surface area contributed by atoms with Crippen LogP contribution in [0.15, 0.2) is 53.7 Å². The van der Waals surface area contributed by atoms with Crippen molar-refractivity contribution < 1.29 is 44.2 Å². The van der Waals surface area contributed by atoms with Gasteiger partial charge in [0, 0.05) is 12.8 Å². The summed E-state index contributed by atoms with van der Waals surface area (Å²) in [5.41, 5.74) is -0.0242. The van der Waals surface area contributed by atoms with Crippen LogP contribution < -0.4 is 10.6 Å². The number of aliphatic hydroxyl groups is 4. The lowest BCUT2D eigenvalue weighted by molar-refractivity contribution is -0.144. The van der Waals surface area contributed by atoms with Crippen LogP contribution in [0.1, 0.15) is 42.7 Å². The highest BCUT2D eigenvalue weighted by Gasteiger charge is 2.50. The van der Waals surface area contributed by atoms with E-state index in [0.717, 1.165) is 5.56 Å². The van der Waals surface area contributed by atoms with E-state index in [9.17, 15) is 24.9 Å². The normalized spacial score (nSPS) is 22.6. The minimum atomic E-state index is -1.66. The molecule has 6 atom stereocenters. The number of carbonyl (C=O) groups is 2. The number of halogens is 1. The number of carbonyl (C=O) groups excluding carboxylic acids is 2. The largest absolute Gasteiger partial charge is 0.481 e. The fraction of sp³-hybridized carbons (Fsp3) is 0.517. The number of aromatic nitrogens is 1. The Labute approximate surface area is 260 Å². The molecule has 6 unspecified atom stereocenters. The van der Waals surface area contributed by atoms with E-state index >= 15 is 0 Å². The first-order chi connectivity index (χ1) is 21.0. The Kier molecular flexibility index (Phi) is 11.7. The molecule has 0 saturated carbocycles. The van der Waals surface area contributed by atoms with Gasteiger partial charge in [0.05, 0.1) is 37.5 Å². The van der Waals surface area contributed by atoms with E-state index < -0.39 is 61.5 Å². The van der Waals surface area contributed by atoms with E-state index in [2.05, 4.69) is 20.8 Å². The maximum absolute atomic E-state index is 14.0. The van der Waals surface area contributed by atoms with Crippen LogP contribution in [0.3, 0.4) is 0 Å². The third-order valence-electron chi connectivity index (χ3n) is 7.40. The highest BCUT2D eigenvalue weighted by Crippen LogP contribution is 2.30. The third-order valence-corrected chi connectivity index (χ3v) is 7.61. The smallest absolute Gasteiger partial charge is 0.407 e. The summed E-state index contributed by atoms with van der Waals surface area (Å²) >= 11 is 5.90. The maximum atomic E-state index is 14.0. The van der Waals surface area contributed by atoms with Gasteiger partial charge in [0.15, 0.2) is 0 Å². The van der Waals surface area contributed by atoms with Crippen molar-refractivity contribution >= 4 is 36.2 Å². The number of benzene rings is 1. The molecule has 0 radical (unpaired) electrons. The Morgan fingerprint density at radius 2 is 1.89 bits per heavy atom. The maximum Gasteiger partial charge on any atom is 0.481 e. The third kappa shape index (κ3) is 8.54. The van der Waals surface area contributed by atoms with E-state index in [-0.39, 0.29) is 42.8 Å². The van der Waals surface area contributed by atoms with Crippen molar-refractivity contribution in [3.8, 4) is 0 Å². The molecule has 1 aromatic heterocycles. The second kappa shape index (κ2) is 15.3. The van der Waals surface area contributed by atoms with Gasteiger partial charge in [-0.2, -0.15) is 0 Å². The van der Waals surface area contributed by atoms with E-state index in [1.165, 1.54) is 6.07 Å². The Morgan fingerprint density at radius 3 is 2.57 bits per heavy atom. The SMILES string of the molecule is CC(C)CC(NC(=O)C1(Cc2ccccc2)CC(CNC(=O)c2cccc(Cl)n2)=NO1)B1OCC(C(O)C(O)C(O)CO)O1. The van der Waals surface area contributed by atoms with Crippen LogP contribution in [0.4, 0.5) is 0 Å². The number of amides is 2. The van der Waals surface area contributed by atoms with Crippen molar-refractivity contribution in [2.24, 2.45) is 11.1 Å². The van der Waals surface area contributed by atoms with Gasteiger partial charge >= 0.3 is 7.12 Å². The highest BCUT2D eigenvalue weighted by molar-refractivity contribution is 6.47. The molecule has 238 valence electrons. The molecule has 6 N–H and O–H groups in total. The molecule has 1 aromatic carbocycles. The molecular weight excluding hydrogens is 595 g/mol. The molecule has 2 aliphatic heterocycles. The predicted octanol–water partition coefficient (Wildman–Crippen LogP) is 0.271. The van der Waals surface area contributed by atoms with Crippen molar-refractivity contribution in [1.29, 1.82) is 0 Å². The van der Waals surface area contributed by atoms with E-state index in [0.29, 0.717) is 12.1 Å². The lowest BCUT2D eigenvalue weighted by atomic mass is 9.73. The minimum Gasteiger partial charge on any atom is -0.407 e. The van der Waals surface area contributed by atoms with Crippen LogP contribution >= 0.6 is 11.6 Å². The molecule has 4 rings (SSSR count). The van der Waals surface area contributed by atoms with Gasteiger partial charge in [-0.15, -0.1) is 0 Å². The summed E-state index contributed by atoms with van der Waals surface area (Å²) in [4.78, 5) is 36.5. The van der Waals surface area contributed by atoms with Gasteiger partial charge in [-0.05, 0) is 30.0 Å². The summed E-state index contributed by atoms with van der Waals surface area (Å²) in [6, 6.07) is 14.0. The lowest BCUT2D eigenvalue weighted by Crippen LogP contribution is -2.57. The summed E-state index contributed by atoms with van der Waals surface area (Å²) in [6.07, 6.45) is -5.04. The first kappa shape index (κ1) is 33.8. The summed E-state index contributed by atoms with van der Waals surface area (Å²) in [5.74, 6) is -1.50. The Balaban J connectivity index is 1.47. The van der Waals surface area contributed by atoms with Gasteiger partial charge in [-0.1, -0.05) is 67.0 Å². The molecule has 0 aliphatic carbocycles. The molecule has 3 heterocycles. The number of aliphatic hydroxyl groups excluding tert-OH is 4. The summed E-state index contributed by atoms with van der Waals surface area (Å²) in [6.45, 7) is 3.10. The van der Waals surface area contributed by atoms with Crippen molar-refractivity contribution in [2.45, 2.75) is 69.1 Å². The molecule has 13 nitrogen and oxygen atoms in total. The van der Waals surface area contributed by atoms with Crippen molar-refractivity contribution in [3.63, 3.8) is 0 Å². The monoisotopic (exact) mass is 632 g/mol. The zero-order chi connectivity index (χ0) is 31.9. The number of hydrogen-bond acceptors (Lipinski definition) is 11. The minimum absolute atomic E-state index is 0.0166. The lowest BCUT2D eigenvalue weighted by Gasteiger charge is -2.30. The van der Waals surface area contributed by atoms with Gasteiger partial charge in [-0.25, -0.2) is 4.98 Å². The molecular formula is C29H38BClN4O9.